The number of nitrogens with one attached hydrogen (secondary N) is 2. The molecule has 156 valence electrons. The minimum Gasteiger partial charge on any atom is -0.459 e. The third-order valence-electron chi connectivity index (χ3n) is 4.16. The zero-order chi connectivity index (χ0) is 21.7. The normalized spacial score (nSPS) is 16.1. The molecule has 2 heterocycles. The highest BCUT2D eigenvalue weighted by atomic mass is 35.5. The van der Waals surface area contributed by atoms with Gasteiger partial charge in [0.25, 0.3) is 17.1 Å². The fourth-order valence-electron chi connectivity index (χ4n) is 2.59. The molecule has 1 fully saturated rings. The highest BCUT2D eigenvalue weighted by Crippen LogP contribution is 2.32. The second kappa shape index (κ2) is 9.64. The Hall–Kier alpha value is -3.04. The molecule has 1 aromatic carbocycles. The first-order chi connectivity index (χ1) is 14.3. The van der Waals surface area contributed by atoms with Crippen LogP contribution in [0.5, 0.6) is 0 Å². The minimum atomic E-state index is -0.817. The van der Waals surface area contributed by atoms with Gasteiger partial charge in [0.15, 0.2) is 5.76 Å². The molecule has 10 heteroatoms. The van der Waals surface area contributed by atoms with Crippen molar-refractivity contribution in [1.82, 2.24) is 15.5 Å². The third kappa shape index (κ3) is 5.31. The van der Waals surface area contributed by atoms with Gasteiger partial charge in [0, 0.05) is 18.1 Å². The smallest absolute Gasteiger partial charge is 0.293 e. The predicted octanol–water partition coefficient (Wildman–Crippen LogP) is 2.90. The summed E-state index contributed by atoms with van der Waals surface area (Å²) in [4.78, 5) is 50.0. The van der Waals surface area contributed by atoms with Crippen molar-refractivity contribution in [3.63, 3.8) is 0 Å². The summed E-state index contributed by atoms with van der Waals surface area (Å²) in [5.41, 5.74) is 0.749. The molecule has 1 aliphatic heterocycles. The fraction of sp³-hybridized carbons (Fsp3) is 0.200. The Morgan fingerprint density at radius 2 is 1.97 bits per heavy atom. The average Bonchev–Trinajstić information content (AvgIpc) is 3.34. The first-order valence-corrected chi connectivity index (χ1v) is 10.2. The minimum absolute atomic E-state index is 0.0210. The van der Waals surface area contributed by atoms with Gasteiger partial charge in [-0.1, -0.05) is 23.7 Å². The largest absolute Gasteiger partial charge is 0.459 e. The van der Waals surface area contributed by atoms with E-state index < -0.39 is 29.0 Å². The lowest BCUT2D eigenvalue weighted by Crippen LogP contribution is -2.46. The molecule has 3 rings (SSSR count). The van der Waals surface area contributed by atoms with Crippen molar-refractivity contribution in [2.45, 2.75) is 13.0 Å². The van der Waals surface area contributed by atoms with Crippen molar-refractivity contribution in [3.05, 3.63) is 63.9 Å². The van der Waals surface area contributed by atoms with Crippen LogP contribution in [0.2, 0.25) is 5.02 Å². The maximum Gasteiger partial charge on any atom is 0.293 e. The number of carbonyl (C=O) groups excluding carboxylic acids is 4. The molecule has 0 aliphatic carbocycles. The van der Waals surface area contributed by atoms with Crippen LogP contribution < -0.4 is 10.6 Å². The number of carbonyl (C=O) groups is 4. The van der Waals surface area contributed by atoms with E-state index in [1.54, 1.807) is 36.4 Å². The summed E-state index contributed by atoms with van der Waals surface area (Å²) in [5.74, 6) is -1.28. The molecule has 0 radical (unpaired) electrons. The molecule has 1 aromatic heterocycles. The van der Waals surface area contributed by atoms with E-state index in [0.29, 0.717) is 9.93 Å². The van der Waals surface area contributed by atoms with E-state index in [9.17, 15) is 19.2 Å². The summed E-state index contributed by atoms with van der Waals surface area (Å²) in [5, 5.41) is 5.27. The van der Waals surface area contributed by atoms with E-state index in [2.05, 4.69) is 10.6 Å². The molecule has 0 bridgehead atoms. The SMILES string of the molecule is CC(NC(=O)c1ccco1)C(=O)NCCN1C(=O)SC(=Cc2ccc(Cl)cc2)C1=O. The van der Waals surface area contributed by atoms with Crippen LogP contribution in [0.4, 0.5) is 4.79 Å². The van der Waals surface area contributed by atoms with Gasteiger partial charge in [0.05, 0.1) is 11.2 Å². The Morgan fingerprint density at radius 1 is 1.23 bits per heavy atom. The van der Waals surface area contributed by atoms with Gasteiger partial charge >= 0.3 is 0 Å². The van der Waals surface area contributed by atoms with Crippen molar-refractivity contribution in [3.8, 4) is 0 Å². The number of hydrogen-bond donors (Lipinski definition) is 2. The van der Waals surface area contributed by atoms with E-state index in [1.807, 2.05) is 0 Å². The van der Waals surface area contributed by atoms with Crippen LogP contribution in [0, 0.1) is 0 Å². The van der Waals surface area contributed by atoms with Gasteiger partial charge < -0.3 is 15.1 Å². The highest BCUT2D eigenvalue weighted by Gasteiger charge is 2.34. The Bertz CT molecular complexity index is 988. The lowest BCUT2D eigenvalue weighted by atomic mass is 10.2. The summed E-state index contributed by atoms with van der Waals surface area (Å²) < 4.78 is 4.97. The van der Waals surface area contributed by atoms with Gasteiger partial charge in [0.2, 0.25) is 5.91 Å². The number of amides is 4. The van der Waals surface area contributed by atoms with Gasteiger partial charge in [-0.05, 0) is 54.6 Å². The third-order valence-corrected chi connectivity index (χ3v) is 5.32. The number of nitrogens with zero attached hydrogens (tertiary/aromatic N) is 1. The summed E-state index contributed by atoms with van der Waals surface area (Å²) in [6, 6.07) is 9.11. The highest BCUT2D eigenvalue weighted by molar-refractivity contribution is 8.18. The second-order valence-corrected chi connectivity index (χ2v) is 7.78. The molecule has 0 spiro atoms. The van der Waals surface area contributed by atoms with Gasteiger partial charge in [-0.2, -0.15) is 0 Å². The van der Waals surface area contributed by atoms with Crippen molar-refractivity contribution < 1.29 is 23.6 Å². The molecule has 0 saturated carbocycles. The molecule has 2 N–H and O–H groups in total. The number of hydrogen-bond acceptors (Lipinski definition) is 6. The fourth-order valence-corrected chi connectivity index (χ4v) is 3.58. The van der Waals surface area contributed by atoms with E-state index in [4.69, 9.17) is 16.0 Å². The van der Waals surface area contributed by atoms with Crippen molar-refractivity contribution in [1.29, 1.82) is 0 Å². The van der Waals surface area contributed by atoms with E-state index in [-0.39, 0.29) is 18.8 Å². The Balaban J connectivity index is 1.50. The first-order valence-electron chi connectivity index (χ1n) is 8.98. The quantitative estimate of drug-likeness (QED) is 0.632. The van der Waals surface area contributed by atoms with Crippen molar-refractivity contribution >= 4 is 52.4 Å². The Labute approximate surface area is 181 Å². The average molecular weight is 448 g/mol. The Kier molecular flexibility index (Phi) is 6.96. The molecule has 4 amide bonds. The topological polar surface area (TPSA) is 109 Å². The number of furan rings is 1. The second-order valence-electron chi connectivity index (χ2n) is 6.35. The number of rotatable bonds is 7. The lowest BCUT2D eigenvalue weighted by molar-refractivity contribution is -0.124. The predicted molar refractivity (Wildman–Crippen MR) is 113 cm³/mol. The molecule has 1 unspecified atom stereocenters. The number of imide groups is 1. The van der Waals surface area contributed by atoms with E-state index >= 15 is 0 Å². The first kappa shape index (κ1) is 21.7. The van der Waals surface area contributed by atoms with E-state index in [1.165, 1.54) is 19.3 Å². The molecular formula is C20H18ClN3O5S. The zero-order valence-electron chi connectivity index (χ0n) is 15.9. The summed E-state index contributed by atoms with van der Waals surface area (Å²) in [7, 11) is 0. The number of benzene rings is 1. The summed E-state index contributed by atoms with van der Waals surface area (Å²) in [6.45, 7) is 1.60. The van der Waals surface area contributed by atoms with Crippen molar-refractivity contribution in [2.24, 2.45) is 0 Å². The Morgan fingerprint density at radius 3 is 2.63 bits per heavy atom. The van der Waals surface area contributed by atoms with Crippen LogP contribution in [0.1, 0.15) is 23.0 Å². The zero-order valence-corrected chi connectivity index (χ0v) is 17.5. The van der Waals surface area contributed by atoms with Gasteiger partial charge in [-0.15, -0.1) is 0 Å². The molecule has 1 atom stereocenters. The van der Waals surface area contributed by atoms with Crippen LogP contribution >= 0.6 is 23.4 Å². The molecule has 2 aromatic rings. The standard InChI is InChI=1S/C20H18ClN3O5S/c1-12(23-18(26)15-3-2-10-29-15)17(25)22-8-9-24-19(27)16(30-20(24)28)11-13-4-6-14(21)7-5-13/h2-7,10-12H,8-9H2,1H3,(H,22,25)(H,23,26). The maximum atomic E-state index is 12.5. The van der Waals surface area contributed by atoms with E-state index in [0.717, 1.165) is 22.2 Å². The van der Waals surface area contributed by atoms with Crippen LogP contribution in [0.25, 0.3) is 6.08 Å². The molecule has 1 saturated heterocycles. The van der Waals surface area contributed by atoms with Crippen LogP contribution in [-0.2, 0) is 9.59 Å². The van der Waals surface area contributed by atoms with Crippen molar-refractivity contribution in [2.75, 3.05) is 13.1 Å². The molecule has 1 aliphatic rings. The molecule has 30 heavy (non-hydrogen) atoms. The molecular weight excluding hydrogens is 430 g/mol. The maximum absolute atomic E-state index is 12.5. The van der Waals surface area contributed by atoms with Crippen LogP contribution in [0.3, 0.4) is 0 Å². The van der Waals surface area contributed by atoms with Gasteiger partial charge in [-0.3, -0.25) is 24.1 Å². The monoisotopic (exact) mass is 447 g/mol. The van der Waals surface area contributed by atoms with Gasteiger partial charge in [-0.25, -0.2) is 0 Å². The van der Waals surface area contributed by atoms with Gasteiger partial charge in [0.1, 0.15) is 6.04 Å². The number of halogens is 1. The number of thioether (sulfide) groups is 1. The van der Waals surface area contributed by atoms with Crippen LogP contribution in [0.15, 0.2) is 52.0 Å². The summed E-state index contributed by atoms with van der Waals surface area (Å²) in [6.07, 6.45) is 2.98. The molecule has 8 nitrogen and oxygen atoms in total. The summed E-state index contributed by atoms with van der Waals surface area (Å²) >= 11 is 6.68. The lowest BCUT2D eigenvalue weighted by Gasteiger charge is -2.16. The van der Waals surface area contributed by atoms with Crippen LogP contribution in [-0.4, -0.2) is 47.0 Å².